The predicted octanol–water partition coefficient (Wildman–Crippen LogP) is 1.18. The molecular formula is C15H17N3O6S2. The van der Waals surface area contributed by atoms with Crippen LogP contribution in [0.1, 0.15) is 16.1 Å². The molecule has 0 amide bonds. The van der Waals surface area contributed by atoms with Crippen molar-refractivity contribution < 1.29 is 27.4 Å². The number of esters is 1. The van der Waals surface area contributed by atoms with Crippen molar-refractivity contribution in [3.8, 4) is 11.8 Å². The summed E-state index contributed by atoms with van der Waals surface area (Å²) in [4.78, 5) is 11.8. The molecule has 3 rings (SSSR count). The Kier molecular flexibility index (Phi) is 5.39. The van der Waals surface area contributed by atoms with Crippen LogP contribution in [0.15, 0.2) is 28.5 Å². The summed E-state index contributed by atoms with van der Waals surface area (Å²) in [6.45, 7) is 0.444. The molecule has 1 saturated heterocycles. The Bertz CT molecular complexity index is 881. The van der Waals surface area contributed by atoms with Gasteiger partial charge in [0.2, 0.25) is 21.8 Å². The lowest BCUT2D eigenvalue weighted by molar-refractivity contribution is 0.0602. The third-order valence-electron chi connectivity index (χ3n) is 3.84. The number of rotatable bonds is 6. The van der Waals surface area contributed by atoms with Crippen molar-refractivity contribution in [1.29, 1.82) is 0 Å². The highest BCUT2D eigenvalue weighted by Crippen LogP contribution is 2.29. The topological polar surface area (TPSA) is 108 Å². The van der Waals surface area contributed by atoms with Crippen LogP contribution in [-0.2, 0) is 14.8 Å². The number of methoxy groups -OCH3 is 2. The van der Waals surface area contributed by atoms with Crippen molar-refractivity contribution >= 4 is 27.3 Å². The van der Waals surface area contributed by atoms with Gasteiger partial charge in [-0.1, -0.05) is 0 Å². The molecule has 1 aliphatic rings. The fourth-order valence-electron chi connectivity index (χ4n) is 2.54. The Balaban J connectivity index is 1.71. The number of hydrogen-bond donors (Lipinski definition) is 0. The molecule has 2 aromatic rings. The molecule has 0 radical (unpaired) electrons. The van der Waals surface area contributed by atoms with Crippen LogP contribution in [0.25, 0.3) is 0 Å². The summed E-state index contributed by atoms with van der Waals surface area (Å²) in [5.74, 6) is -0.0133. The van der Waals surface area contributed by atoms with Crippen LogP contribution in [0.4, 0.5) is 0 Å². The maximum absolute atomic E-state index is 12.8. The van der Waals surface area contributed by atoms with Crippen LogP contribution in [0, 0.1) is 0 Å². The summed E-state index contributed by atoms with van der Waals surface area (Å²) >= 11 is 1.03. The van der Waals surface area contributed by atoms with Crippen LogP contribution in [-0.4, -0.2) is 62.3 Å². The number of carbonyl (C=O) groups is 1. The zero-order chi connectivity index (χ0) is 18.7. The summed E-state index contributed by atoms with van der Waals surface area (Å²) in [7, 11) is -1.11. The zero-order valence-corrected chi connectivity index (χ0v) is 15.7. The monoisotopic (exact) mass is 399 g/mol. The molecule has 3 heterocycles. The van der Waals surface area contributed by atoms with E-state index in [1.54, 1.807) is 17.5 Å². The fourth-order valence-corrected chi connectivity index (χ4v) is 5.34. The number of ether oxygens (including phenoxy) is 3. The average molecular weight is 399 g/mol. The van der Waals surface area contributed by atoms with Crippen molar-refractivity contribution in [1.82, 2.24) is 14.5 Å². The summed E-state index contributed by atoms with van der Waals surface area (Å²) in [6.07, 6.45) is 0.151. The summed E-state index contributed by atoms with van der Waals surface area (Å²) in [5.41, 5.74) is 0. The van der Waals surface area contributed by atoms with Gasteiger partial charge in [0.1, 0.15) is 15.9 Å². The normalized spacial score (nSPS) is 17.8. The van der Waals surface area contributed by atoms with E-state index in [-0.39, 0.29) is 29.0 Å². The van der Waals surface area contributed by atoms with E-state index < -0.39 is 16.0 Å². The molecule has 1 aliphatic heterocycles. The van der Waals surface area contributed by atoms with E-state index in [1.165, 1.54) is 24.6 Å². The molecule has 1 atom stereocenters. The fraction of sp³-hybridized carbons (Fsp3) is 0.400. The molecular weight excluding hydrogens is 382 g/mol. The Morgan fingerprint density at radius 2 is 1.96 bits per heavy atom. The minimum absolute atomic E-state index is 0.0424. The van der Waals surface area contributed by atoms with Gasteiger partial charge in [0.15, 0.2) is 0 Å². The molecule has 0 saturated carbocycles. The van der Waals surface area contributed by atoms with Crippen molar-refractivity contribution in [2.24, 2.45) is 0 Å². The zero-order valence-electron chi connectivity index (χ0n) is 14.1. The Labute approximate surface area is 154 Å². The maximum Gasteiger partial charge on any atom is 0.349 e. The summed E-state index contributed by atoms with van der Waals surface area (Å²) < 4.78 is 42.3. The van der Waals surface area contributed by atoms with Crippen molar-refractivity contribution in [2.45, 2.75) is 17.4 Å². The number of hydrogen-bond acceptors (Lipinski definition) is 9. The van der Waals surface area contributed by atoms with Gasteiger partial charge in [0, 0.05) is 18.7 Å². The summed E-state index contributed by atoms with van der Waals surface area (Å²) in [5, 5.41) is 9.23. The number of thiophene rings is 1. The first-order valence-electron chi connectivity index (χ1n) is 7.66. The van der Waals surface area contributed by atoms with Crippen molar-refractivity contribution in [2.75, 3.05) is 27.3 Å². The van der Waals surface area contributed by atoms with Gasteiger partial charge in [-0.15, -0.1) is 21.5 Å². The number of aromatic nitrogens is 2. The highest BCUT2D eigenvalue weighted by atomic mass is 32.2. The van der Waals surface area contributed by atoms with E-state index in [0.29, 0.717) is 18.2 Å². The first-order chi connectivity index (χ1) is 12.5. The van der Waals surface area contributed by atoms with Crippen LogP contribution in [0.3, 0.4) is 0 Å². The van der Waals surface area contributed by atoms with Crippen LogP contribution >= 0.6 is 11.3 Å². The smallest absolute Gasteiger partial charge is 0.349 e. The SMILES string of the molecule is COC(=O)c1sccc1S(=O)(=O)N1CCC(Oc2ccc(OC)nn2)C1. The van der Waals surface area contributed by atoms with E-state index in [0.717, 1.165) is 11.3 Å². The molecule has 0 bridgehead atoms. The highest BCUT2D eigenvalue weighted by Gasteiger charge is 2.36. The van der Waals surface area contributed by atoms with E-state index in [1.807, 2.05) is 0 Å². The van der Waals surface area contributed by atoms with Gasteiger partial charge in [-0.3, -0.25) is 0 Å². The Morgan fingerprint density at radius 1 is 1.23 bits per heavy atom. The molecule has 0 spiro atoms. The van der Waals surface area contributed by atoms with Crippen molar-refractivity contribution in [3.63, 3.8) is 0 Å². The highest BCUT2D eigenvalue weighted by molar-refractivity contribution is 7.89. The third-order valence-corrected chi connectivity index (χ3v) is 6.77. The predicted molar refractivity (Wildman–Crippen MR) is 92.0 cm³/mol. The number of nitrogens with zero attached hydrogens (tertiary/aromatic N) is 3. The van der Waals surface area contributed by atoms with Gasteiger partial charge in [-0.25, -0.2) is 13.2 Å². The lowest BCUT2D eigenvalue weighted by Crippen LogP contribution is -2.31. The van der Waals surface area contributed by atoms with E-state index in [4.69, 9.17) is 9.47 Å². The molecule has 0 N–H and O–H groups in total. The first-order valence-corrected chi connectivity index (χ1v) is 9.98. The summed E-state index contributed by atoms with van der Waals surface area (Å²) in [6, 6.07) is 4.63. The van der Waals surface area contributed by atoms with Gasteiger partial charge in [-0.2, -0.15) is 4.31 Å². The van der Waals surface area contributed by atoms with Gasteiger partial charge >= 0.3 is 5.97 Å². The second-order valence-electron chi connectivity index (χ2n) is 5.41. The average Bonchev–Trinajstić information content (AvgIpc) is 3.32. The minimum atomic E-state index is -3.81. The minimum Gasteiger partial charge on any atom is -0.480 e. The first kappa shape index (κ1) is 18.5. The van der Waals surface area contributed by atoms with E-state index in [2.05, 4.69) is 14.9 Å². The van der Waals surface area contributed by atoms with Gasteiger partial charge in [0.25, 0.3) is 0 Å². The molecule has 9 nitrogen and oxygen atoms in total. The third kappa shape index (κ3) is 3.64. The van der Waals surface area contributed by atoms with Crippen LogP contribution in [0.5, 0.6) is 11.8 Å². The van der Waals surface area contributed by atoms with Crippen LogP contribution in [0.2, 0.25) is 0 Å². The quantitative estimate of drug-likeness (QED) is 0.666. The van der Waals surface area contributed by atoms with Crippen molar-refractivity contribution in [3.05, 3.63) is 28.5 Å². The van der Waals surface area contributed by atoms with E-state index >= 15 is 0 Å². The molecule has 0 aliphatic carbocycles. The lowest BCUT2D eigenvalue weighted by atomic mass is 10.3. The largest absolute Gasteiger partial charge is 0.480 e. The van der Waals surface area contributed by atoms with E-state index in [9.17, 15) is 13.2 Å². The molecule has 26 heavy (non-hydrogen) atoms. The number of sulfonamides is 1. The van der Waals surface area contributed by atoms with Gasteiger partial charge in [-0.05, 0) is 17.9 Å². The second kappa shape index (κ2) is 7.56. The second-order valence-corrected chi connectivity index (χ2v) is 8.23. The molecule has 2 aromatic heterocycles. The Morgan fingerprint density at radius 3 is 2.62 bits per heavy atom. The lowest BCUT2D eigenvalue weighted by Gasteiger charge is -2.17. The molecule has 140 valence electrons. The maximum atomic E-state index is 12.8. The van der Waals surface area contributed by atoms with Gasteiger partial charge < -0.3 is 14.2 Å². The molecule has 0 aromatic carbocycles. The Hall–Kier alpha value is -2.24. The van der Waals surface area contributed by atoms with Gasteiger partial charge in [0.05, 0.1) is 20.8 Å². The molecule has 11 heteroatoms. The molecule has 1 fully saturated rings. The number of carbonyl (C=O) groups excluding carboxylic acids is 1. The van der Waals surface area contributed by atoms with Crippen LogP contribution < -0.4 is 9.47 Å². The molecule has 1 unspecified atom stereocenters. The standard InChI is InChI=1S/C15H17N3O6S2/c1-22-12-3-4-13(17-16-12)24-10-5-7-18(9-10)26(20,21)11-6-8-25-14(11)15(19)23-2/h3-4,6,8,10H,5,7,9H2,1-2H3.